The summed E-state index contributed by atoms with van der Waals surface area (Å²) in [7, 11) is 0. The van der Waals surface area contributed by atoms with E-state index in [-0.39, 0.29) is 22.7 Å². The van der Waals surface area contributed by atoms with Crippen molar-refractivity contribution in [2.45, 2.75) is 59.5 Å². The molecule has 0 aliphatic carbocycles. The van der Waals surface area contributed by atoms with E-state index in [4.69, 9.17) is 11.6 Å². The molecular weight excluding hydrogens is 262 g/mol. The van der Waals surface area contributed by atoms with E-state index in [1.807, 2.05) is 13.8 Å². The first-order valence-corrected chi connectivity index (χ1v) is 7.28. The third kappa shape index (κ3) is 4.23. The zero-order valence-electron chi connectivity index (χ0n) is 12.4. The van der Waals surface area contributed by atoms with Crippen molar-refractivity contribution in [2.75, 3.05) is 5.32 Å². The molecule has 1 rings (SSSR count). The van der Waals surface area contributed by atoms with Crippen molar-refractivity contribution in [1.82, 2.24) is 9.78 Å². The Balaban J connectivity index is 2.86. The molecule has 0 bridgehead atoms. The molecule has 0 fully saturated rings. The summed E-state index contributed by atoms with van der Waals surface area (Å²) in [6, 6.07) is 0.278. The first kappa shape index (κ1) is 16.0. The Morgan fingerprint density at radius 1 is 1.37 bits per heavy atom. The molecule has 5 heteroatoms. The molecule has 2 unspecified atom stereocenters. The highest BCUT2D eigenvalue weighted by Gasteiger charge is 2.14. The van der Waals surface area contributed by atoms with Crippen LogP contribution in [0, 0.1) is 5.92 Å². The van der Waals surface area contributed by atoms with Gasteiger partial charge >= 0.3 is 0 Å². The van der Waals surface area contributed by atoms with Gasteiger partial charge in [0.15, 0.2) is 0 Å². The lowest BCUT2D eigenvalue weighted by Crippen LogP contribution is -2.27. The number of hydrogen-bond donors (Lipinski definition) is 1. The number of aromatic nitrogens is 2. The summed E-state index contributed by atoms with van der Waals surface area (Å²) in [6.45, 7) is 10.3. The van der Waals surface area contributed by atoms with Gasteiger partial charge in [0.2, 0.25) is 0 Å². The van der Waals surface area contributed by atoms with Crippen molar-refractivity contribution in [2.24, 2.45) is 5.92 Å². The molecule has 1 heterocycles. The van der Waals surface area contributed by atoms with Crippen LogP contribution in [0.2, 0.25) is 5.02 Å². The van der Waals surface area contributed by atoms with Crippen LogP contribution in [0.4, 0.5) is 5.69 Å². The zero-order valence-corrected chi connectivity index (χ0v) is 13.2. The highest BCUT2D eigenvalue weighted by atomic mass is 35.5. The summed E-state index contributed by atoms with van der Waals surface area (Å²) < 4.78 is 1.40. The summed E-state index contributed by atoms with van der Waals surface area (Å²) in [5.41, 5.74) is 0.386. The van der Waals surface area contributed by atoms with Crippen LogP contribution in [-0.4, -0.2) is 15.8 Å². The second-order valence-corrected chi connectivity index (χ2v) is 5.89. The van der Waals surface area contributed by atoms with Crippen molar-refractivity contribution in [1.29, 1.82) is 0 Å². The van der Waals surface area contributed by atoms with E-state index in [0.29, 0.717) is 11.6 Å². The van der Waals surface area contributed by atoms with Crippen molar-refractivity contribution in [3.05, 3.63) is 21.6 Å². The number of nitrogens with one attached hydrogen (secondary N) is 1. The Labute approximate surface area is 120 Å². The van der Waals surface area contributed by atoms with E-state index < -0.39 is 0 Å². The van der Waals surface area contributed by atoms with Gasteiger partial charge in [0.05, 0.1) is 17.9 Å². The second kappa shape index (κ2) is 6.94. The Hall–Kier alpha value is -1.03. The normalized spacial score (nSPS) is 14.5. The Kier molecular flexibility index (Phi) is 5.85. The van der Waals surface area contributed by atoms with Gasteiger partial charge in [-0.1, -0.05) is 31.9 Å². The van der Waals surface area contributed by atoms with Crippen LogP contribution in [0.15, 0.2) is 11.0 Å². The van der Waals surface area contributed by atoms with Gasteiger partial charge in [-0.15, -0.1) is 0 Å². The monoisotopic (exact) mass is 285 g/mol. The summed E-state index contributed by atoms with van der Waals surface area (Å²) in [4.78, 5) is 12.0. The van der Waals surface area contributed by atoms with Gasteiger partial charge in [-0.25, -0.2) is 4.68 Å². The molecule has 2 atom stereocenters. The van der Waals surface area contributed by atoms with Gasteiger partial charge in [-0.2, -0.15) is 5.10 Å². The molecule has 0 amide bonds. The van der Waals surface area contributed by atoms with Gasteiger partial charge in [0, 0.05) is 6.04 Å². The minimum Gasteiger partial charge on any atom is -0.380 e. The number of hydrogen-bond acceptors (Lipinski definition) is 3. The van der Waals surface area contributed by atoms with Crippen LogP contribution in [0.3, 0.4) is 0 Å². The first-order chi connectivity index (χ1) is 8.86. The topological polar surface area (TPSA) is 46.9 Å². The van der Waals surface area contributed by atoms with Crippen LogP contribution in [0.25, 0.3) is 0 Å². The fourth-order valence-electron chi connectivity index (χ4n) is 2.01. The lowest BCUT2D eigenvalue weighted by molar-refractivity contribution is 0.482. The fraction of sp³-hybridized carbons (Fsp3) is 0.714. The standard InChI is InChI=1S/C14H24ClN3O/c1-6-10(4)7-11(5)17-12-8-16-18(9(2)3)14(19)13(12)15/h8-11,17H,6-7H2,1-5H3. The molecule has 0 radical (unpaired) electrons. The quantitative estimate of drug-likeness (QED) is 0.866. The van der Waals surface area contributed by atoms with Crippen molar-refractivity contribution >= 4 is 17.3 Å². The summed E-state index contributed by atoms with van der Waals surface area (Å²) in [5, 5.41) is 7.64. The molecule has 1 N–H and O–H groups in total. The summed E-state index contributed by atoms with van der Waals surface area (Å²) in [5.74, 6) is 0.644. The maximum Gasteiger partial charge on any atom is 0.287 e. The van der Waals surface area contributed by atoms with E-state index in [9.17, 15) is 4.79 Å². The van der Waals surface area contributed by atoms with Gasteiger partial charge in [0.1, 0.15) is 5.02 Å². The molecule has 0 aliphatic rings. The van der Waals surface area contributed by atoms with Gasteiger partial charge < -0.3 is 5.32 Å². The number of rotatable bonds is 6. The Morgan fingerprint density at radius 2 is 2.00 bits per heavy atom. The van der Waals surface area contributed by atoms with E-state index in [0.717, 1.165) is 12.8 Å². The smallest absolute Gasteiger partial charge is 0.287 e. The summed E-state index contributed by atoms with van der Waals surface area (Å²) in [6.07, 6.45) is 3.82. The predicted octanol–water partition coefficient (Wildman–Crippen LogP) is 3.71. The van der Waals surface area contributed by atoms with Gasteiger partial charge in [0.25, 0.3) is 5.56 Å². The van der Waals surface area contributed by atoms with Crippen LogP contribution in [0.5, 0.6) is 0 Å². The van der Waals surface area contributed by atoms with E-state index >= 15 is 0 Å². The lowest BCUT2D eigenvalue weighted by Gasteiger charge is -2.19. The minimum absolute atomic E-state index is 0.0107. The van der Waals surface area contributed by atoms with E-state index in [1.165, 1.54) is 4.68 Å². The number of nitrogens with zero attached hydrogens (tertiary/aromatic N) is 2. The number of anilines is 1. The highest BCUT2D eigenvalue weighted by molar-refractivity contribution is 6.32. The average molecular weight is 286 g/mol. The molecule has 0 saturated heterocycles. The van der Waals surface area contributed by atoms with Crippen molar-refractivity contribution in [3.8, 4) is 0 Å². The highest BCUT2D eigenvalue weighted by Crippen LogP contribution is 2.20. The SMILES string of the molecule is CCC(C)CC(C)Nc1cnn(C(C)C)c(=O)c1Cl. The van der Waals surface area contributed by atoms with Gasteiger partial charge in [-0.05, 0) is 33.1 Å². The molecule has 0 aliphatic heterocycles. The largest absolute Gasteiger partial charge is 0.380 e. The first-order valence-electron chi connectivity index (χ1n) is 6.90. The molecule has 0 aromatic carbocycles. The molecule has 4 nitrogen and oxygen atoms in total. The van der Waals surface area contributed by atoms with Crippen molar-refractivity contribution < 1.29 is 0 Å². The van der Waals surface area contributed by atoms with Crippen molar-refractivity contribution in [3.63, 3.8) is 0 Å². The van der Waals surface area contributed by atoms with Gasteiger partial charge in [-0.3, -0.25) is 4.79 Å². The third-order valence-electron chi connectivity index (χ3n) is 3.29. The second-order valence-electron chi connectivity index (χ2n) is 5.51. The fourth-order valence-corrected chi connectivity index (χ4v) is 2.20. The maximum absolute atomic E-state index is 12.0. The molecule has 19 heavy (non-hydrogen) atoms. The molecule has 0 saturated carbocycles. The molecule has 1 aromatic rings. The van der Waals surface area contributed by atoms with E-state index in [1.54, 1.807) is 6.20 Å². The average Bonchev–Trinajstić information content (AvgIpc) is 2.34. The molecule has 1 aromatic heterocycles. The molecular formula is C14H24ClN3O. The number of halogens is 1. The third-order valence-corrected chi connectivity index (χ3v) is 3.65. The lowest BCUT2D eigenvalue weighted by atomic mass is 10.0. The predicted molar refractivity (Wildman–Crippen MR) is 81.0 cm³/mol. The van der Waals surface area contributed by atoms with Crippen LogP contribution < -0.4 is 10.9 Å². The molecule has 108 valence electrons. The Bertz CT molecular complexity index is 470. The van der Waals surface area contributed by atoms with E-state index in [2.05, 4.69) is 31.2 Å². The zero-order chi connectivity index (χ0) is 14.6. The Morgan fingerprint density at radius 3 is 2.53 bits per heavy atom. The van der Waals surface area contributed by atoms with Crippen LogP contribution >= 0.6 is 11.6 Å². The minimum atomic E-state index is -0.239. The molecule has 0 spiro atoms. The summed E-state index contributed by atoms with van der Waals surface area (Å²) >= 11 is 6.12. The maximum atomic E-state index is 12.0. The van der Waals surface area contributed by atoms with Crippen LogP contribution in [0.1, 0.15) is 53.5 Å². The van der Waals surface area contributed by atoms with Crippen LogP contribution in [-0.2, 0) is 0 Å².